The monoisotopic (exact) mass is 910 g/mol. The summed E-state index contributed by atoms with van der Waals surface area (Å²) in [6.45, 7) is 0. The van der Waals surface area contributed by atoms with E-state index in [9.17, 15) is 0 Å². The van der Waals surface area contributed by atoms with Crippen LogP contribution in [0.15, 0.2) is 279 Å². The van der Waals surface area contributed by atoms with Gasteiger partial charge in [0.05, 0.1) is 0 Å². The van der Waals surface area contributed by atoms with Gasteiger partial charge in [-0.1, -0.05) is 249 Å². The van der Waals surface area contributed by atoms with Crippen molar-refractivity contribution in [2.45, 2.75) is 0 Å². The minimum Gasteiger partial charge on any atom is -0.0622 e. The number of fused-ring (bicyclic) bond motifs is 7. The fourth-order valence-electron chi connectivity index (χ4n) is 11.8. The smallest absolute Gasteiger partial charge is 0.00201 e. The summed E-state index contributed by atoms with van der Waals surface area (Å²) in [5.74, 6) is 0. The molecule has 0 bridgehead atoms. The van der Waals surface area contributed by atoms with E-state index in [-0.39, 0.29) is 0 Å². The van der Waals surface area contributed by atoms with Crippen LogP contribution in [0.1, 0.15) is 0 Å². The molecule has 0 radical (unpaired) electrons. The van der Waals surface area contributed by atoms with Crippen molar-refractivity contribution in [3.8, 4) is 77.9 Å². The lowest BCUT2D eigenvalue weighted by atomic mass is 9.80. The summed E-state index contributed by atoms with van der Waals surface area (Å²) >= 11 is 0. The second-order valence-electron chi connectivity index (χ2n) is 19.1. The first-order chi connectivity index (χ1) is 35.7. The van der Waals surface area contributed by atoms with Crippen LogP contribution in [0.5, 0.6) is 0 Å². The van der Waals surface area contributed by atoms with Gasteiger partial charge in [0.1, 0.15) is 0 Å². The Morgan fingerprint density at radius 3 is 1.00 bits per heavy atom. The topological polar surface area (TPSA) is 0 Å². The summed E-state index contributed by atoms with van der Waals surface area (Å²) in [6.07, 6.45) is 0. The van der Waals surface area contributed by atoms with Gasteiger partial charge in [-0.15, -0.1) is 0 Å². The molecular weight excluding hydrogens is 865 g/mol. The molecule has 0 unspecified atom stereocenters. The molecule has 0 aliphatic rings. The maximum absolute atomic E-state index is 2.55. The van der Waals surface area contributed by atoms with Crippen molar-refractivity contribution in [3.63, 3.8) is 0 Å². The molecule has 0 nitrogen and oxygen atoms in total. The molecule has 14 aromatic rings. The van der Waals surface area contributed by atoms with E-state index in [2.05, 4.69) is 279 Å². The first-order valence-electron chi connectivity index (χ1n) is 25.0. The normalized spacial score (nSPS) is 11.6. The first-order valence-corrected chi connectivity index (χ1v) is 25.0. The molecule has 0 heterocycles. The van der Waals surface area contributed by atoms with Crippen LogP contribution in [0.25, 0.3) is 143 Å². The van der Waals surface area contributed by atoms with Gasteiger partial charge in [-0.05, 0) is 173 Å². The Bertz CT molecular complexity index is 4420. The summed E-state index contributed by atoms with van der Waals surface area (Å²) in [5, 5.41) is 14.8. The molecule has 0 atom stereocenters. The Morgan fingerprint density at radius 2 is 0.458 bits per heavy atom. The third-order valence-electron chi connectivity index (χ3n) is 15.0. The van der Waals surface area contributed by atoms with Gasteiger partial charge in [-0.2, -0.15) is 0 Å². The van der Waals surface area contributed by atoms with Crippen LogP contribution in [0.4, 0.5) is 0 Å². The second-order valence-corrected chi connectivity index (χ2v) is 19.1. The summed E-state index contributed by atoms with van der Waals surface area (Å²) in [6, 6.07) is 104. The van der Waals surface area contributed by atoms with Crippen molar-refractivity contribution >= 4 is 64.6 Å². The molecule has 0 amide bonds. The zero-order valence-electron chi connectivity index (χ0n) is 39.6. The summed E-state index contributed by atoms with van der Waals surface area (Å²) in [4.78, 5) is 0. The molecule has 0 heteroatoms. The van der Waals surface area contributed by atoms with E-state index < -0.39 is 0 Å². The van der Waals surface area contributed by atoms with Crippen LogP contribution in [0.2, 0.25) is 0 Å². The van der Waals surface area contributed by atoms with E-state index in [1.54, 1.807) is 0 Å². The average Bonchev–Trinajstić information content (AvgIpc) is 3.46. The SMILES string of the molecule is c1ccc(-c2cccc(-c3c(-c4ccccc4)c4cc5c(-c6cccc(-c7cccc8ccccc78)c6)c6ccccc6c(-c6cccc(-c7cccc8ccccc78)c6)c5cc4c4ccccc34)c2)cc1. The molecule has 0 N–H and O–H groups in total. The van der Waals surface area contributed by atoms with Gasteiger partial charge in [0.25, 0.3) is 0 Å². The number of hydrogen-bond acceptors (Lipinski definition) is 0. The fourth-order valence-corrected chi connectivity index (χ4v) is 11.8. The summed E-state index contributed by atoms with van der Waals surface area (Å²) in [7, 11) is 0. The standard InChI is InChI=1S/C72H46/c1-3-20-47(21-4-1)51-28-15-33-56(42-51)72-62-37-12-11-36-61(62)65-45-67-68(46-66(65)71(72)50-24-5-2-6-25-50)70(55-32-17-30-53(44-55)60-41-19-27-49-23-8-10-35-58(49)60)64-39-14-13-38-63(64)69(67)54-31-16-29-52(43-54)59-40-18-26-48-22-7-9-34-57(48)59/h1-46H. The second kappa shape index (κ2) is 17.2. The lowest BCUT2D eigenvalue weighted by Gasteiger charge is -2.23. The lowest BCUT2D eigenvalue weighted by Crippen LogP contribution is -1.95. The number of rotatable bonds is 7. The molecule has 14 aromatic carbocycles. The van der Waals surface area contributed by atoms with Gasteiger partial charge < -0.3 is 0 Å². The molecule has 0 aromatic heterocycles. The Hall–Kier alpha value is -9.36. The van der Waals surface area contributed by atoms with Gasteiger partial charge in [0.15, 0.2) is 0 Å². The highest BCUT2D eigenvalue weighted by atomic mass is 14.3. The third-order valence-corrected chi connectivity index (χ3v) is 15.0. The van der Waals surface area contributed by atoms with Gasteiger partial charge in [0, 0.05) is 0 Å². The van der Waals surface area contributed by atoms with E-state index in [0.717, 1.165) is 0 Å². The highest BCUT2D eigenvalue weighted by molar-refractivity contribution is 6.29. The molecule has 334 valence electrons. The van der Waals surface area contributed by atoms with Crippen molar-refractivity contribution < 1.29 is 0 Å². The molecule has 0 saturated heterocycles. The Morgan fingerprint density at radius 1 is 0.139 bits per heavy atom. The van der Waals surface area contributed by atoms with Crippen molar-refractivity contribution in [1.29, 1.82) is 0 Å². The maximum atomic E-state index is 2.55. The summed E-state index contributed by atoms with van der Waals surface area (Å²) in [5.41, 5.74) is 17.0. The average molecular weight is 911 g/mol. The van der Waals surface area contributed by atoms with Gasteiger partial charge in [-0.25, -0.2) is 0 Å². The van der Waals surface area contributed by atoms with Crippen LogP contribution < -0.4 is 0 Å². The highest BCUT2D eigenvalue weighted by Gasteiger charge is 2.23. The predicted molar refractivity (Wildman–Crippen MR) is 310 cm³/mol. The molecule has 0 fully saturated rings. The number of benzene rings is 14. The highest BCUT2D eigenvalue weighted by Crippen LogP contribution is 2.51. The van der Waals surface area contributed by atoms with E-state index in [1.165, 1.54) is 143 Å². The lowest BCUT2D eigenvalue weighted by molar-refractivity contribution is 1.60. The molecule has 0 saturated carbocycles. The van der Waals surface area contributed by atoms with Crippen LogP contribution in [0, 0.1) is 0 Å². The van der Waals surface area contributed by atoms with Crippen LogP contribution in [-0.2, 0) is 0 Å². The molecule has 0 aliphatic heterocycles. The van der Waals surface area contributed by atoms with Crippen molar-refractivity contribution in [1.82, 2.24) is 0 Å². The zero-order valence-corrected chi connectivity index (χ0v) is 39.6. The molecule has 0 spiro atoms. The van der Waals surface area contributed by atoms with Crippen molar-refractivity contribution in [3.05, 3.63) is 279 Å². The quantitative estimate of drug-likeness (QED) is 0.110. The fraction of sp³-hybridized carbons (Fsp3) is 0. The molecular formula is C72H46. The van der Waals surface area contributed by atoms with Crippen molar-refractivity contribution in [2.75, 3.05) is 0 Å². The number of hydrogen-bond donors (Lipinski definition) is 0. The Kier molecular flexibility index (Phi) is 9.96. The minimum absolute atomic E-state index is 1.19. The zero-order chi connectivity index (χ0) is 47.5. The van der Waals surface area contributed by atoms with Crippen LogP contribution in [0.3, 0.4) is 0 Å². The van der Waals surface area contributed by atoms with Crippen molar-refractivity contribution in [2.24, 2.45) is 0 Å². The van der Waals surface area contributed by atoms with E-state index in [0.29, 0.717) is 0 Å². The minimum atomic E-state index is 1.19. The third kappa shape index (κ3) is 6.91. The van der Waals surface area contributed by atoms with Crippen LogP contribution >= 0.6 is 0 Å². The summed E-state index contributed by atoms with van der Waals surface area (Å²) < 4.78 is 0. The Labute approximate surface area is 419 Å². The van der Waals surface area contributed by atoms with E-state index in [1.807, 2.05) is 0 Å². The van der Waals surface area contributed by atoms with Gasteiger partial charge in [0.2, 0.25) is 0 Å². The molecule has 72 heavy (non-hydrogen) atoms. The first kappa shape index (κ1) is 41.6. The van der Waals surface area contributed by atoms with E-state index in [4.69, 9.17) is 0 Å². The van der Waals surface area contributed by atoms with E-state index >= 15 is 0 Å². The Balaban J connectivity index is 1.13. The van der Waals surface area contributed by atoms with Crippen LogP contribution in [-0.4, -0.2) is 0 Å². The molecule has 0 aliphatic carbocycles. The van der Waals surface area contributed by atoms with Gasteiger partial charge >= 0.3 is 0 Å². The maximum Gasteiger partial charge on any atom is -0.00201 e. The molecule has 14 rings (SSSR count). The predicted octanol–water partition coefficient (Wildman–Crippen LogP) is 20.3. The van der Waals surface area contributed by atoms with Gasteiger partial charge in [-0.3, -0.25) is 0 Å². The largest absolute Gasteiger partial charge is 0.0622 e.